The number of anilines is 1. The molecule has 2 rings (SSSR count). The predicted octanol–water partition coefficient (Wildman–Crippen LogP) is 2.27. The van der Waals surface area contributed by atoms with Crippen LogP contribution in [0.25, 0.3) is 0 Å². The van der Waals surface area contributed by atoms with E-state index in [2.05, 4.69) is 16.0 Å². The summed E-state index contributed by atoms with van der Waals surface area (Å²) >= 11 is 0. The molecule has 1 aromatic rings. The molecule has 0 bridgehead atoms. The van der Waals surface area contributed by atoms with Gasteiger partial charge in [0.1, 0.15) is 0 Å². The standard InChI is InChI=1S/C20H30N4O4/c1-5-24(12-17(25)26)16-10-15(11-16)22-19(28)21-14-8-6-13(7-9-14)18(27)23-20(2,3)4/h6-9,15-16H,5,10-12H2,1-4H3,(H,23,27)(H,25,26)(H2,21,22,28). The topological polar surface area (TPSA) is 111 Å². The number of hydrogen-bond acceptors (Lipinski definition) is 4. The smallest absolute Gasteiger partial charge is 0.319 e. The number of aliphatic carboxylic acids is 1. The lowest BCUT2D eigenvalue weighted by Crippen LogP contribution is -2.55. The second-order valence-electron chi connectivity index (χ2n) is 8.16. The quantitative estimate of drug-likeness (QED) is 0.571. The zero-order valence-electron chi connectivity index (χ0n) is 16.9. The first kappa shape index (κ1) is 21.7. The SMILES string of the molecule is CCN(CC(=O)O)C1CC(NC(=O)Nc2ccc(C(=O)NC(C)(C)C)cc2)C1. The van der Waals surface area contributed by atoms with Crippen molar-refractivity contribution >= 4 is 23.6 Å². The number of carbonyl (C=O) groups excluding carboxylic acids is 2. The van der Waals surface area contributed by atoms with E-state index in [9.17, 15) is 14.4 Å². The van der Waals surface area contributed by atoms with Gasteiger partial charge in [-0.3, -0.25) is 14.5 Å². The maximum atomic E-state index is 12.1. The highest BCUT2D eigenvalue weighted by molar-refractivity contribution is 5.96. The fourth-order valence-corrected chi connectivity index (χ4v) is 3.15. The third kappa shape index (κ3) is 6.53. The lowest BCUT2D eigenvalue weighted by atomic mass is 9.85. The number of likely N-dealkylation sites (N-methyl/N-ethyl adjacent to an activating group) is 1. The molecule has 3 amide bonds. The van der Waals surface area contributed by atoms with E-state index in [1.165, 1.54) is 0 Å². The average Bonchev–Trinajstić information content (AvgIpc) is 2.54. The van der Waals surface area contributed by atoms with Gasteiger partial charge in [0.15, 0.2) is 0 Å². The lowest BCUT2D eigenvalue weighted by molar-refractivity contribution is -0.139. The summed E-state index contributed by atoms with van der Waals surface area (Å²) in [5.41, 5.74) is 0.814. The highest BCUT2D eigenvalue weighted by Gasteiger charge is 2.34. The summed E-state index contributed by atoms with van der Waals surface area (Å²) in [6, 6.07) is 6.62. The Hall–Kier alpha value is -2.61. The summed E-state index contributed by atoms with van der Waals surface area (Å²) in [6.07, 6.45) is 1.47. The van der Waals surface area contributed by atoms with Gasteiger partial charge in [-0.05, 0) is 64.4 Å². The Morgan fingerprint density at radius 1 is 1.14 bits per heavy atom. The molecule has 1 aliphatic carbocycles. The minimum atomic E-state index is -0.837. The molecule has 4 N–H and O–H groups in total. The van der Waals surface area contributed by atoms with Crippen molar-refractivity contribution in [2.24, 2.45) is 0 Å². The van der Waals surface area contributed by atoms with Crippen molar-refractivity contribution in [3.05, 3.63) is 29.8 Å². The third-order valence-electron chi connectivity index (χ3n) is 4.60. The van der Waals surface area contributed by atoms with Crippen LogP contribution in [0.2, 0.25) is 0 Å². The van der Waals surface area contributed by atoms with Gasteiger partial charge >= 0.3 is 12.0 Å². The number of benzene rings is 1. The zero-order valence-corrected chi connectivity index (χ0v) is 16.9. The van der Waals surface area contributed by atoms with Crippen molar-refractivity contribution in [2.45, 2.75) is 58.2 Å². The van der Waals surface area contributed by atoms with E-state index < -0.39 is 5.97 Å². The fourth-order valence-electron chi connectivity index (χ4n) is 3.15. The van der Waals surface area contributed by atoms with E-state index in [0.29, 0.717) is 17.8 Å². The first-order chi connectivity index (χ1) is 13.1. The second-order valence-corrected chi connectivity index (χ2v) is 8.16. The molecule has 0 radical (unpaired) electrons. The van der Waals surface area contributed by atoms with E-state index in [1.54, 1.807) is 24.3 Å². The molecule has 1 aromatic carbocycles. The van der Waals surface area contributed by atoms with E-state index in [4.69, 9.17) is 5.11 Å². The van der Waals surface area contributed by atoms with Gasteiger partial charge in [0.25, 0.3) is 5.91 Å². The van der Waals surface area contributed by atoms with Crippen LogP contribution in [0, 0.1) is 0 Å². The minimum absolute atomic E-state index is 0.0230. The molecular formula is C20H30N4O4. The summed E-state index contributed by atoms with van der Waals surface area (Å²) in [6.45, 7) is 8.37. The summed E-state index contributed by atoms with van der Waals surface area (Å²) in [5.74, 6) is -0.999. The Bertz CT molecular complexity index is 706. The van der Waals surface area contributed by atoms with Crippen LogP contribution in [0.4, 0.5) is 10.5 Å². The Kier molecular flexibility index (Phi) is 7.01. The maximum Gasteiger partial charge on any atom is 0.319 e. The zero-order chi connectivity index (χ0) is 20.9. The molecule has 28 heavy (non-hydrogen) atoms. The Morgan fingerprint density at radius 3 is 2.25 bits per heavy atom. The van der Waals surface area contributed by atoms with Crippen LogP contribution < -0.4 is 16.0 Å². The Balaban J connectivity index is 1.78. The van der Waals surface area contributed by atoms with Crippen molar-refractivity contribution < 1.29 is 19.5 Å². The predicted molar refractivity (Wildman–Crippen MR) is 108 cm³/mol. The van der Waals surface area contributed by atoms with Crippen molar-refractivity contribution in [1.29, 1.82) is 0 Å². The largest absolute Gasteiger partial charge is 0.480 e. The third-order valence-corrected chi connectivity index (χ3v) is 4.60. The summed E-state index contributed by atoms with van der Waals surface area (Å²) in [7, 11) is 0. The first-order valence-corrected chi connectivity index (χ1v) is 9.53. The van der Waals surface area contributed by atoms with Gasteiger partial charge in [-0.15, -0.1) is 0 Å². The summed E-state index contributed by atoms with van der Waals surface area (Å²) in [4.78, 5) is 37.0. The number of nitrogens with zero attached hydrogens (tertiary/aromatic N) is 1. The molecular weight excluding hydrogens is 360 g/mol. The van der Waals surface area contributed by atoms with Crippen molar-refractivity contribution in [3.63, 3.8) is 0 Å². The molecule has 0 unspecified atom stereocenters. The average molecular weight is 390 g/mol. The van der Waals surface area contributed by atoms with Gasteiger partial charge < -0.3 is 21.1 Å². The Labute approximate surface area is 165 Å². The molecule has 1 saturated carbocycles. The lowest BCUT2D eigenvalue weighted by Gasteiger charge is -2.42. The van der Waals surface area contributed by atoms with Crippen LogP contribution in [-0.2, 0) is 4.79 Å². The minimum Gasteiger partial charge on any atom is -0.480 e. The number of hydrogen-bond donors (Lipinski definition) is 4. The number of carboxylic acid groups (broad SMARTS) is 1. The molecule has 0 aromatic heterocycles. The highest BCUT2D eigenvalue weighted by atomic mass is 16.4. The monoisotopic (exact) mass is 390 g/mol. The Morgan fingerprint density at radius 2 is 1.75 bits per heavy atom. The normalized spacial score (nSPS) is 18.9. The number of urea groups is 1. The van der Waals surface area contributed by atoms with Crippen LogP contribution >= 0.6 is 0 Å². The molecule has 1 aliphatic rings. The molecule has 0 aliphatic heterocycles. The second kappa shape index (κ2) is 9.05. The summed E-state index contributed by atoms with van der Waals surface area (Å²) < 4.78 is 0. The van der Waals surface area contributed by atoms with Gasteiger partial charge in [0.2, 0.25) is 0 Å². The number of carboxylic acids is 1. The highest BCUT2D eigenvalue weighted by Crippen LogP contribution is 2.25. The van der Waals surface area contributed by atoms with Gasteiger partial charge in [-0.25, -0.2) is 4.79 Å². The van der Waals surface area contributed by atoms with E-state index in [-0.39, 0.29) is 36.1 Å². The van der Waals surface area contributed by atoms with Gasteiger partial charge in [0, 0.05) is 28.9 Å². The van der Waals surface area contributed by atoms with Gasteiger partial charge in [-0.1, -0.05) is 6.92 Å². The van der Waals surface area contributed by atoms with E-state index >= 15 is 0 Å². The van der Waals surface area contributed by atoms with Gasteiger partial charge in [0.05, 0.1) is 6.54 Å². The summed E-state index contributed by atoms with van der Waals surface area (Å²) in [5, 5.41) is 17.5. The van der Waals surface area contributed by atoms with E-state index in [1.807, 2.05) is 32.6 Å². The number of carbonyl (C=O) groups is 3. The molecule has 0 spiro atoms. The molecule has 0 heterocycles. The molecule has 0 saturated heterocycles. The number of nitrogens with one attached hydrogen (secondary N) is 3. The molecule has 8 heteroatoms. The van der Waals surface area contributed by atoms with Crippen molar-refractivity contribution in [3.8, 4) is 0 Å². The molecule has 0 atom stereocenters. The number of amides is 3. The number of rotatable bonds is 7. The van der Waals surface area contributed by atoms with Crippen LogP contribution in [0.15, 0.2) is 24.3 Å². The molecule has 1 fully saturated rings. The van der Waals surface area contributed by atoms with Crippen molar-refractivity contribution in [2.75, 3.05) is 18.4 Å². The van der Waals surface area contributed by atoms with Crippen LogP contribution in [0.5, 0.6) is 0 Å². The van der Waals surface area contributed by atoms with E-state index in [0.717, 1.165) is 12.8 Å². The van der Waals surface area contributed by atoms with Crippen LogP contribution in [0.3, 0.4) is 0 Å². The first-order valence-electron chi connectivity index (χ1n) is 9.53. The molecule has 8 nitrogen and oxygen atoms in total. The van der Waals surface area contributed by atoms with Crippen molar-refractivity contribution in [1.82, 2.24) is 15.5 Å². The fraction of sp³-hybridized carbons (Fsp3) is 0.550. The van der Waals surface area contributed by atoms with Crippen LogP contribution in [-0.4, -0.2) is 58.6 Å². The maximum absolute atomic E-state index is 12.1. The van der Waals surface area contributed by atoms with Crippen LogP contribution in [0.1, 0.15) is 50.9 Å². The molecule has 154 valence electrons. The van der Waals surface area contributed by atoms with Gasteiger partial charge in [-0.2, -0.15) is 0 Å².